The van der Waals surface area contributed by atoms with E-state index in [4.69, 9.17) is 4.74 Å². The number of hydrogen-bond donors (Lipinski definition) is 2. The molecule has 2 rings (SSSR count). The number of carboxylic acids is 1. The minimum atomic E-state index is -1.09. The third kappa shape index (κ3) is 4.47. The Morgan fingerprint density at radius 1 is 1.42 bits per heavy atom. The molecule has 1 aromatic carbocycles. The molecule has 2 N–H and O–H groups in total. The fourth-order valence-corrected chi connectivity index (χ4v) is 2.77. The first-order valence-corrected chi connectivity index (χ1v) is 8.32. The molecule has 1 heterocycles. The van der Waals surface area contributed by atoms with E-state index in [1.165, 1.54) is 4.90 Å². The molecule has 0 aliphatic carbocycles. The summed E-state index contributed by atoms with van der Waals surface area (Å²) < 4.78 is 6.15. The molecular formula is C16H19BrN2O5. The standard InChI is InChI=1S/C16H19BrN2O5/c1-9(2)5-11(16(22)23)18-14(20)7-19-12-4-3-10(17)6-13(12)24-8-15(19)21/h3-4,6,9,11H,5,7-8H2,1-2H3,(H,18,20)(H,22,23)/t11-/m1/s1. The maximum Gasteiger partial charge on any atom is 0.326 e. The minimum absolute atomic E-state index is 0.120. The zero-order chi connectivity index (χ0) is 17.9. The normalized spacial score (nSPS) is 14.8. The number of fused-ring (bicyclic) bond motifs is 1. The lowest BCUT2D eigenvalue weighted by Gasteiger charge is -2.29. The average Bonchev–Trinajstić information content (AvgIpc) is 2.49. The predicted octanol–water partition coefficient (Wildman–Crippen LogP) is 1.79. The number of ether oxygens (including phenoxy) is 1. The van der Waals surface area contributed by atoms with Gasteiger partial charge in [-0.3, -0.25) is 14.5 Å². The van der Waals surface area contributed by atoms with Gasteiger partial charge >= 0.3 is 5.97 Å². The van der Waals surface area contributed by atoms with E-state index in [0.717, 1.165) is 4.47 Å². The third-order valence-corrected chi connectivity index (χ3v) is 4.00. The van der Waals surface area contributed by atoms with Gasteiger partial charge < -0.3 is 15.2 Å². The van der Waals surface area contributed by atoms with Gasteiger partial charge in [-0.25, -0.2) is 4.79 Å². The highest BCUT2D eigenvalue weighted by atomic mass is 79.9. The lowest BCUT2D eigenvalue weighted by molar-refractivity contribution is -0.142. The van der Waals surface area contributed by atoms with E-state index in [0.29, 0.717) is 17.9 Å². The SMILES string of the molecule is CC(C)C[C@@H](NC(=O)CN1C(=O)COc2cc(Br)ccc21)C(=O)O. The summed E-state index contributed by atoms with van der Waals surface area (Å²) in [4.78, 5) is 36.8. The van der Waals surface area contributed by atoms with Crippen LogP contribution in [0.4, 0.5) is 5.69 Å². The maximum absolute atomic E-state index is 12.2. The van der Waals surface area contributed by atoms with E-state index in [2.05, 4.69) is 21.2 Å². The summed E-state index contributed by atoms with van der Waals surface area (Å²) in [6.07, 6.45) is 0.321. The van der Waals surface area contributed by atoms with Crippen molar-refractivity contribution in [3.63, 3.8) is 0 Å². The monoisotopic (exact) mass is 398 g/mol. The Labute approximate surface area is 148 Å². The Balaban J connectivity index is 2.11. The molecule has 0 unspecified atom stereocenters. The molecule has 0 saturated carbocycles. The second kappa shape index (κ2) is 7.65. The fourth-order valence-electron chi connectivity index (χ4n) is 2.43. The summed E-state index contributed by atoms with van der Waals surface area (Å²) in [7, 11) is 0. The van der Waals surface area contributed by atoms with Gasteiger partial charge in [0.25, 0.3) is 5.91 Å². The number of rotatable bonds is 6. The number of amides is 2. The lowest BCUT2D eigenvalue weighted by Crippen LogP contribution is -2.49. The summed E-state index contributed by atoms with van der Waals surface area (Å²) in [6, 6.07) is 4.15. The van der Waals surface area contributed by atoms with Crippen molar-refractivity contribution in [3.8, 4) is 5.75 Å². The van der Waals surface area contributed by atoms with Crippen molar-refractivity contribution in [1.29, 1.82) is 0 Å². The van der Waals surface area contributed by atoms with Crippen LogP contribution < -0.4 is 15.0 Å². The topological polar surface area (TPSA) is 95.9 Å². The number of carbonyl (C=O) groups is 3. The third-order valence-electron chi connectivity index (χ3n) is 3.51. The highest BCUT2D eigenvalue weighted by Crippen LogP contribution is 2.34. The molecule has 1 aliphatic rings. The Kier molecular flexibility index (Phi) is 5.82. The molecule has 24 heavy (non-hydrogen) atoms. The van der Waals surface area contributed by atoms with Crippen molar-refractivity contribution in [1.82, 2.24) is 5.32 Å². The van der Waals surface area contributed by atoms with Crippen molar-refractivity contribution in [3.05, 3.63) is 22.7 Å². The van der Waals surface area contributed by atoms with Crippen LogP contribution in [0.3, 0.4) is 0 Å². The van der Waals surface area contributed by atoms with Crippen LogP contribution in [0.25, 0.3) is 0 Å². The van der Waals surface area contributed by atoms with Gasteiger partial charge in [-0.05, 0) is 30.5 Å². The smallest absolute Gasteiger partial charge is 0.326 e. The quantitative estimate of drug-likeness (QED) is 0.761. The second-order valence-corrected chi connectivity index (χ2v) is 6.88. The van der Waals surface area contributed by atoms with Crippen LogP contribution in [-0.4, -0.2) is 42.1 Å². The molecule has 0 spiro atoms. The van der Waals surface area contributed by atoms with E-state index in [-0.39, 0.29) is 25.0 Å². The first-order chi connectivity index (χ1) is 11.3. The van der Waals surface area contributed by atoms with E-state index in [1.807, 2.05) is 13.8 Å². The van der Waals surface area contributed by atoms with Crippen LogP contribution >= 0.6 is 15.9 Å². The zero-order valence-corrected chi connectivity index (χ0v) is 15.0. The molecule has 0 bridgehead atoms. The largest absolute Gasteiger partial charge is 0.482 e. The Hall–Kier alpha value is -2.09. The molecule has 1 aromatic rings. The van der Waals surface area contributed by atoms with Gasteiger partial charge in [-0.15, -0.1) is 0 Å². The summed E-state index contributed by atoms with van der Waals surface area (Å²) in [5.41, 5.74) is 0.486. The average molecular weight is 399 g/mol. The number of nitrogens with zero attached hydrogens (tertiary/aromatic N) is 1. The number of hydrogen-bond acceptors (Lipinski definition) is 4. The minimum Gasteiger partial charge on any atom is -0.482 e. The maximum atomic E-state index is 12.2. The molecule has 8 heteroatoms. The van der Waals surface area contributed by atoms with Crippen molar-refractivity contribution >= 4 is 39.4 Å². The van der Waals surface area contributed by atoms with Gasteiger partial charge in [0, 0.05) is 4.47 Å². The number of carboxylic acid groups (broad SMARTS) is 1. The van der Waals surface area contributed by atoms with Gasteiger partial charge in [0.1, 0.15) is 18.3 Å². The molecule has 1 aliphatic heterocycles. The molecule has 1 atom stereocenters. The number of anilines is 1. The molecule has 130 valence electrons. The van der Waals surface area contributed by atoms with E-state index >= 15 is 0 Å². The predicted molar refractivity (Wildman–Crippen MR) is 91.0 cm³/mol. The van der Waals surface area contributed by atoms with Gasteiger partial charge in [0.05, 0.1) is 5.69 Å². The Morgan fingerprint density at radius 3 is 2.75 bits per heavy atom. The van der Waals surface area contributed by atoms with Gasteiger partial charge in [-0.2, -0.15) is 0 Å². The lowest BCUT2D eigenvalue weighted by atomic mass is 10.0. The zero-order valence-electron chi connectivity index (χ0n) is 13.4. The van der Waals surface area contributed by atoms with Crippen LogP contribution in [0, 0.1) is 5.92 Å². The van der Waals surface area contributed by atoms with Gasteiger partial charge in [-0.1, -0.05) is 29.8 Å². The Morgan fingerprint density at radius 2 is 2.12 bits per heavy atom. The molecule has 0 aromatic heterocycles. The molecule has 2 amide bonds. The fraction of sp³-hybridized carbons (Fsp3) is 0.438. The van der Waals surface area contributed by atoms with E-state index in [9.17, 15) is 19.5 Å². The second-order valence-electron chi connectivity index (χ2n) is 5.97. The number of carbonyl (C=O) groups excluding carboxylic acids is 2. The number of benzene rings is 1. The first kappa shape index (κ1) is 18.3. The van der Waals surface area contributed by atoms with Gasteiger partial charge in [0.2, 0.25) is 5.91 Å². The molecule has 7 nitrogen and oxygen atoms in total. The summed E-state index contributed by atoms with van der Waals surface area (Å²) >= 11 is 3.32. The van der Waals surface area contributed by atoms with E-state index in [1.54, 1.807) is 18.2 Å². The molecule has 0 radical (unpaired) electrons. The highest BCUT2D eigenvalue weighted by Gasteiger charge is 2.29. The first-order valence-electron chi connectivity index (χ1n) is 7.52. The van der Waals surface area contributed by atoms with Crippen LogP contribution in [0.15, 0.2) is 22.7 Å². The molecular weight excluding hydrogens is 380 g/mol. The van der Waals surface area contributed by atoms with Crippen LogP contribution in [-0.2, 0) is 14.4 Å². The van der Waals surface area contributed by atoms with Crippen molar-refractivity contribution in [2.24, 2.45) is 5.92 Å². The number of nitrogens with one attached hydrogen (secondary N) is 1. The van der Waals surface area contributed by atoms with Crippen LogP contribution in [0.5, 0.6) is 5.75 Å². The highest BCUT2D eigenvalue weighted by molar-refractivity contribution is 9.10. The molecule has 0 saturated heterocycles. The van der Waals surface area contributed by atoms with Crippen molar-refractivity contribution < 1.29 is 24.2 Å². The van der Waals surface area contributed by atoms with Crippen LogP contribution in [0.1, 0.15) is 20.3 Å². The summed E-state index contributed by atoms with van der Waals surface area (Å²) in [5.74, 6) is -1.35. The number of aliphatic carboxylic acids is 1. The molecule has 0 fully saturated rings. The van der Waals surface area contributed by atoms with Gasteiger partial charge in [0.15, 0.2) is 6.61 Å². The van der Waals surface area contributed by atoms with Crippen molar-refractivity contribution in [2.45, 2.75) is 26.3 Å². The summed E-state index contributed by atoms with van der Waals surface area (Å²) in [6.45, 7) is 3.34. The van der Waals surface area contributed by atoms with Crippen molar-refractivity contribution in [2.75, 3.05) is 18.1 Å². The van der Waals surface area contributed by atoms with E-state index < -0.39 is 17.9 Å². The summed E-state index contributed by atoms with van der Waals surface area (Å²) in [5, 5.41) is 11.7. The number of halogens is 1. The van der Waals surface area contributed by atoms with Crippen LogP contribution in [0.2, 0.25) is 0 Å². The Bertz CT molecular complexity index is 662.